The number of aromatic amines is 1. The van der Waals surface area contributed by atoms with Gasteiger partial charge in [0.2, 0.25) is 0 Å². The van der Waals surface area contributed by atoms with Crippen LogP contribution < -0.4 is 10.5 Å². The van der Waals surface area contributed by atoms with Crippen LogP contribution in [0.2, 0.25) is 0 Å². The molecule has 0 radical (unpaired) electrons. The predicted octanol–water partition coefficient (Wildman–Crippen LogP) is 4.60. The Kier molecular flexibility index (Phi) is 5.87. The number of fused-ring (bicyclic) bond motifs is 1. The molecular weight excluding hydrogens is 443 g/mol. The summed E-state index contributed by atoms with van der Waals surface area (Å²) in [5.41, 5.74) is 4.37. The van der Waals surface area contributed by atoms with Crippen molar-refractivity contribution in [1.82, 2.24) is 14.8 Å². The van der Waals surface area contributed by atoms with Crippen LogP contribution in [0.15, 0.2) is 30.3 Å². The lowest BCUT2D eigenvalue weighted by atomic mass is 10.1. The first-order valence-corrected chi connectivity index (χ1v) is 10.8. The van der Waals surface area contributed by atoms with Crippen LogP contribution in [-0.4, -0.2) is 46.8 Å². The molecule has 32 heavy (non-hydrogen) atoms. The molecule has 1 aromatic carbocycles. The Hall–Kier alpha value is -3.05. The summed E-state index contributed by atoms with van der Waals surface area (Å²) in [5.74, 6) is -1.07. The van der Waals surface area contributed by atoms with E-state index in [-0.39, 0.29) is 22.3 Å². The fraction of sp³-hybridized carbons (Fsp3) is 0.333. The highest BCUT2D eigenvalue weighted by Gasteiger charge is 2.34. The number of H-pyrrole nitrogens is 1. The van der Waals surface area contributed by atoms with Crippen molar-refractivity contribution >= 4 is 34.1 Å². The summed E-state index contributed by atoms with van der Waals surface area (Å²) in [6, 6.07) is 7.03. The molecule has 7 nitrogen and oxygen atoms in total. The molecule has 0 bridgehead atoms. The maximum atomic E-state index is 13.6. The average molecular weight is 466 g/mol. The van der Waals surface area contributed by atoms with Gasteiger partial charge in [-0.2, -0.15) is 13.2 Å². The predicted molar refractivity (Wildman–Crippen MR) is 116 cm³/mol. The zero-order valence-electron chi connectivity index (χ0n) is 17.3. The maximum Gasteiger partial charge on any atom is 0.417 e. The Morgan fingerprint density at radius 3 is 2.66 bits per heavy atom. The van der Waals surface area contributed by atoms with Crippen LogP contribution in [0.4, 0.5) is 13.2 Å². The number of rotatable bonds is 5. The number of nitrogens with two attached hydrogens (primary N) is 1. The van der Waals surface area contributed by atoms with E-state index in [2.05, 4.69) is 9.88 Å². The molecule has 1 aliphatic heterocycles. The molecule has 1 aliphatic rings. The van der Waals surface area contributed by atoms with E-state index >= 15 is 0 Å². The zero-order valence-corrected chi connectivity index (χ0v) is 18.1. The molecule has 0 saturated carbocycles. The van der Waals surface area contributed by atoms with E-state index in [0.29, 0.717) is 5.06 Å². The fourth-order valence-corrected chi connectivity index (χ4v) is 4.61. The lowest BCUT2D eigenvalue weighted by molar-refractivity contribution is -0.136. The third kappa shape index (κ3) is 4.44. The summed E-state index contributed by atoms with van der Waals surface area (Å²) >= 11 is 1.43. The van der Waals surface area contributed by atoms with E-state index in [9.17, 15) is 18.0 Å². The maximum absolute atomic E-state index is 13.6. The van der Waals surface area contributed by atoms with Gasteiger partial charge >= 0.3 is 6.18 Å². The molecule has 3 heterocycles. The van der Waals surface area contributed by atoms with Gasteiger partial charge < -0.3 is 15.5 Å². The lowest BCUT2D eigenvalue weighted by Gasteiger charge is -2.13. The minimum Gasteiger partial charge on any atom is -0.444 e. The van der Waals surface area contributed by atoms with Crippen LogP contribution in [0.1, 0.15) is 33.8 Å². The monoisotopic (exact) mass is 465 g/mol. The van der Waals surface area contributed by atoms with E-state index in [4.69, 9.17) is 15.9 Å². The molecule has 0 atom stereocenters. The summed E-state index contributed by atoms with van der Waals surface area (Å²) < 4.78 is 46.6. The number of nitrogens with one attached hydrogen (secondary N) is 2. The normalized spacial score (nSPS) is 14.8. The lowest BCUT2D eigenvalue weighted by Crippen LogP contribution is -2.38. The van der Waals surface area contributed by atoms with Crippen LogP contribution in [0.5, 0.6) is 10.8 Å². The molecule has 3 aromatic rings. The molecule has 0 spiro atoms. The molecule has 2 aromatic heterocycles. The molecule has 0 aliphatic carbocycles. The number of likely N-dealkylation sites (tertiary alicyclic amines) is 1. The first-order chi connectivity index (χ1) is 15.1. The third-order valence-electron chi connectivity index (χ3n) is 5.38. The van der Waals surface area contributed by atoms with Gasteiger partial charge in [0.25, 0.3) is 5.91 Å². The number of guanidine groups is 1. The summed E-state index contributed by atoms with van der Waals surface area (Å²) in [6.45, 7) is 2.93. The number of alkyl halides is 3. The molecule has 4 N–H and O–H groups in total. The topological polar surface area (TPSA) is 98.4 Å². The minimum absolute atomic E-state index is 0.0506. The quantitative estimate of drug-likeness (QED) is 0.379. The first-order valence-electron chi connectivity index (χ1n) is 9.97. The Labute approximate surface area is 186 Å². The van der Waals surface area contributed by atoms with Crippen LogP contribution >= 0.6 is 11.3 Å². The van der Waals surface area contributed by atoms with Crippen LogP contribution in [0.25, 0.3) is 10.9 Å². The highest BCUT2D eigenvalue weighted by atomic mass is 32.1. The molecule has 1 amide bonds. The number of aromatic nitrogens is 1. The minimum atomic E-state index is -4.61. The summed E-state index contributed by atoms with van der Waals surface area (Å²) in [6.07, 6.45) is -2.24. The second-order valence-electron chi connectivity index (χ2n) is 7.64. The highest BCUT2D eigenvalue weighted by molar-refractivity contribution is 7.13. The number of thiophene rings is 1. The van der Waals surface area contributed by atoms with Crippen molar-refractivity contribution in [2.75, 3.05) is 20.1 Å². The SMILES string of the molecule is CN(C(=N)N)C(=O)c1cc2c(C(F)(F)F)ccc(Oc3ccc(CN4CCCC4)s3)c2[nH]1. The van der Waals surface area contributed by atoms with E-state index < -0.39 is 23.6 Å². The van der Waals surface area contributed by atoms with E-state index in [1.165, 1.54) is 37.3 Å². The van der Waals surface area contributed by atoms with E-state index in [0.717, 1.165) is 41.5 Å². The molecule has 4 rings (SSSR count). The molecular formula is C21H22F3N5O2S. The first kappa shape index (κ1) is 22.2. The smallest absolute Gasteiger partial charge is 0.417 e. The Morgan fingerprint density at radius 1 is 1.28 bits per heavy atom. The zero-order chi connectivity index (χ0) is 23.0. The van der Waals surface area contributed by atoms with Crippen molar-refractivity contribution in [2.45, 2.75) is 25.6 Å². The van der Waals surface area contributed by atoms with Crippen LogP contribution in [-0.2, 0) is 12.7 Å². The summed E-state index contributed by atoms with van der Waals surface area (Å²) in [7, 11) is 1.27. The van der Waals surface area contributed by atoms with Crippen molar-refractivity contribution in [2.24, 2.45) is 5.73 Å². The van der Waals surface area contributed by atoms with Gasteiger partial charge in [-0.05, 0) is 56.3 Å². The van der Waals surface area contributed by atoms with Gasteiger partial charge in [0.15, 0.2) is 16.8 Å². The molecule has 0 unspecified atom stereocenters. The number of carbonyl (C=O) groups excluding carboxylic acids is 1. The summed E-state index contributed by atoms with van der Waals surface area (Å²) in [4.78, 5) is 19.5. The number of ether oxygens (including phenoxy) is 1. The van der Waals surface area contributed by atoms with Crippen molar-refractivity contribution < 1.29 is 22.7 Å². The standard InChI is InChI=1S/C21H22F3N5O2S/c1-28(20(25)26)19(30)15-10-13-14(21(22,23)24)5-6-16(18(13)27-15)31-17-7-4-12(32-17)11-29-8-2-3-9-29/h4-7,10,27H,2-3,8-9,11H2,1H3,(H3,25,26). The van der Waals surface area contributed by atoms with Crippen molar-refractivity contribution in [3.05, 3.63) is 46.5 Å². The number of hydrogen-bond acceptors (Lipinski definition) is 5. The average Bonchev–Trinajstić information content (AvgIpc) is 3.47. The van der Waals surface area contributed by atoms with Gasteiger partial charge in [-0.1, -0.05) is 0 Å². The van der Waals surface area contributed by atoms with Gasteiger partial charge in [-0.15, -0.1) is 11.3 Å². The van der Waals surface area contributed by atoms with Crippen molar-refractivity contribution in [1.29, 1.82) is 5.41 Å². The Morgan fingerprint density at radius 2 is 2.00 bits per heavy atom. The van der Waals surface area contributed by atoms with Crippen molar-refractivity contribution in [3.63, 3.8) is 0 Å². The van der Waals surface area contributed by atoms with Crippen LogP contribution in [0, 0.1) is 5.41 Å². The second-order valence-corrected chi connectivity index (χ2v) is 8.77. The van der Waals surface area contributed by atoms with Gasteiger partial charge in [0.1, 0.15) is 5.69 Å². The molecule has 1 fully saturated rings. The number of hydrogen-bond donors (Lipinski definition) is 3. The van der Waals surface area contributed by atoms with Gasteiger partial charge in [0, 0.05) is 23.9 Å². The Balaban J connectivity index is 1.67. The van der Waals surface area contributed by atoms with Gasteiger partial charge in [-0.25, -0.2) is 0 Å². The number of amides is 1. The molecule has 170 valence electrons. The van der Waals surface area contributed by atoms with Crippen LogP contribution in [0.3, 0.4) is 0 Å². The third-order valence-corrected chi connectivity index (χ3v) is 6.33. The fourth-order valence-electron chi connectivity index (χ4n) is 3.70. The van der Waals surface area contributed by atoms with Crippen molar-refractivity contribution in [3.8, 4) is 10.8 Å². The molecule has 1 saturated heterocycles. The largest absolute Gasteiger partial charge is 0.444 e. The van der Waals surface area contributed by atoms with E-state index in [1.807, 2.05) is 6.07 Å². The Bertz CT molecular complexity index is 1160. The number of carbonyl (C=O) groups is 1. The number of nitrogens with zero attached hydrogens (tertiary/aromatic N) is 2. The van der Waals surface area contributed by atoms with Gasteiger partial charge in [0.05, 0.1) is 11.1 Å². The van der Waals surface area contributed by atoms with E-state index in [1.54, 1.807) is 6.07 Å². The number of benzene rings is 1. The molecule has 11 heteroatoms. The second kappa shape index (κ2) is 8.47. The number of halogens is 3. The highest BCUT2D eigenvalue weighted by Crippen LogP contribution is 2.41. The van der Waals surface area contributed by atoms with Gasteiger partial charge in [-0.3, -0.25) is 20.0 Å². The summed E-state index contributed by atoms with van der Waals surface area (Å²) in [5, 5.41) is 7.75.